The molecule has 0 aromatic carbocycles. The van der Waals surface area contributed by atoms with Gasteiger partial charge in [0.05, 0.1) is 0 Å². The van der Waals surface area contributed by atoms with E-state index >= 15 is 0 Å². The average molecular weight is 150 g/mol. The van der Waals surface area contributed by atoms with Gasteiger partial charge in [-0.3, -0.25) is 0 Å². The third-order valence-corrected chi connectivity index (χ3v) is 4.84. The molecule has 0 saturated heterocycles. The molecule has 0 aliphatic heterocycles. The summed E-state index contributed by atoms with van der Waals surface area (Å²) in [6.45, 7) is 9.64. The largest absolute Gasteiger partial charge is 0.0814 e. The second-order valence-corrected chi connectivity index (χ2v) is 5.29. The fraction of sp³-hybridized carbons (Fsp3) is 0.818. The maximum absolute atomic E-state index is 2.44. The van der Waals surface area contributed by atoms with Gasteiger partial charge in [0.1, 0.15) is 0 Å². The van der Waals surface area contributed by atoms with Gasteiger partial charge in [0.15, 0.2) is 0 Å². The van der Waals surface area contributed by atoms with Crippen molar-refractivity contribution in [2.75, 3.05) is 0 Å². The number of hydrogen-bond acceptors (Lipinski definition) is 0. The van der Waals surface area contributed by atoms with Gasteiger partial charge in [0, 0.05) is 0 Å². The molecule has 0 aromatic rings. The highest BCUT2D eigenvalue weighted by atomic mass is 14.6. The van der Waals surface area contributed by atoms with Gasteiger partial charge in [-0.1, -0.05) is 39.8 Å². The lowest BCUT2D eigenvalue weighted by Gasteiger charge is -2.39. The standard InChI is InChI=1S/C11H18/c1-9(2)10(3)5-7-11(9,4)8-6-10/h5,7H,6,8H2,1-4H3/t10-,11+. The highest BCUT2D eigenvalue weighted by Crippen LogP contribution is 2.68. The second kappa shape index (κ2) is 1.57. The quantitative estimate of drug-likeness (QED) is 0.464. The van der Waals surface area contributed by atoms with Crippen molar-refractivity contribution in [3.8, 4) is 0 Å². The summed E-state index contributed by atoms with van der Waals surface area (Å²) in [5.41, 5.74) is 1.46. The molecular formula is C11H18. The van der Waals surface area contributed by atoms with Gasteiger partial charge in [-0.2, -0.15) is 0 Å². The first-order chi connectivity index (χ1) is 4.91. The Balaban J connectivity index is 2.53. The highest BCUT2D eigenvalue weighted by molar-refractivity contribution is 5.27. The maximum atomic E-state index is 2.44. The molecular weight excluding hydrogens is 132 g/mol. The molecule has 2 rings (SSSR count). The third kappa shape index (κ3) is 0.579. The molecule has 1 fully saturated rings. The molecule has 2 bridgehead atoms. The molecule has 2 aliphatic carbocycles. The maximum Gasteiger partial charge on any atom is -0.00867 e. The number of fused-ring (bicyclic) bond motifs is 2. The van der Waals surface area contributed by atoms with Crippen LogP contribution in [0.25, 0.3) is 0 Å². The molecule has 2 aliphatic rings. The fourth-order valence-corrected chi connectivity index (χ4v) is 2.75. The van der Waals surface area contributed by atoms with Crippen LogP contribution in [0.15, 0.2) is 12.2 Å². The Morgan fingerprint density at radius 1 is 0.818 bits per heavy atom. The zero-order valence-corrected chi connectivity index (χ0v) is 8.07. The van der Waals surface area contributed by atoms with Crippen LogP contribution in [0.4, 0.5) is 0 Å². The van der Waals surface area contributed by atoms with Crippen molar-refractivity contribution in [3.05, 3.63) is 12.2 Å². The van der Waals surface area contributed by atoms with E-state index in [1.54, 1.807) is 0 Å². The van der Waals surface area contributed by atoms with Crippen LogP contribution in [0.1, 0.15) is 40.5 Å². The summed E-state index contributed by atoms with van der Waals surface area (Å²) in [5.74, 6) is 0. The van der Waals surface area contributed by atoms with Crippen molar-refractivity contribution in [1.82, 2.24) is 0 Å². The molecule has 1 saturated carbocycles. The Bertz CT molecular complexity index is 202. The first-order valence-corrected chi connectivity index (χ1v) is 4.62. The van der Waals surface area contributed by atoms with E-state index in [1.165, 1.54) is 12.8 Å². The Labute approximate surface area is 69.7 Å². The summed E-state index contributed by atoms with van der Waals surface area (Å²) in [7, 11) is 0. The van der Waals surface area contributed by atoms with Crippen LogP contribution in [0.3, 0.4) is 0 Å². The smallest absolute Gasteiger partial charge is 0.00867 e. The van der Waals surface area contributed by atoms with E-state index in [2.05, 4.69) is 39.8 Å². The van der Waals surface area contributed by atoms with E-state index in [1.807, 2.05) is 0 Å². The molecule has 11 heavy (non-hydrogen) atoms. The monoisotopic (exact) mass is 150 g/mol. The lowest BCUT2D eigenvalue weighted by molar-refractivity contribution is 0.120. The van der Waals surface area contributed by atoms with Gasteiger partial charge in [-0.15, -0.1) is 0 Å². The van der Waals surface area contributed by atoms with Crippen molar-refractivity contribution in [2.24, 2.45) is 16.2 Å². The van der Waals surface area contributed by atoms with Crippen molar-refractivity contribution < 1.29 is 0 Å². The minimum Gasteiger partial charge on any atom is -0.0814 e. The molecule has 2 atom stereocenters. The molecule has 62 valence electrons. The van der Waals surface area contributed by atoms with Crippen LogP contribution >= 0.6 is 0 Å². The van der Waals surface area contributed by atoms with Gasteiger partial charge in [-0.25, -0.2) is 0 Å². The Hall–Kier alpha value is -0.260. The summed E-state index contributed by atoms with van der Waals surface area (Å²) in [6.07, 6.45) is 7.65. The zero-order chi connectivity index (χ0) is 8.33. The summed E-state index contributed by atoms with van der Waals surface area (Å²) < 4.78 is 0. The van der Waals surface area contributed by atoms with E-state index in [9.17, 15) is 0 Å². The Morgan fingerprint density at radius 3 is 1.27 bits per heavy atom. The molecule has 0 aromatic heterocycles. The van der Waals surface area contributed by atoms with E-state index in [0.717, 1.165) is 0 Å². The van der Waals surface area contributed by atoms with E-state index < -0.39 is 0 Å². The molecule has 0 nitrogen and oxygen atoms in total. The van der Waals surface area contributed by atoms with Gasteiger partial charge in [-0.05, 0) is 29.1 Å². The molecule has 0 N–H and O–H groups in total. The predicted octanol–water partition coefficient (Wildman–Crippen LogP) is 3.39. The molecule has 0 unspecified atom stereocenters. The van der Waals surface area contributed by atoms with Crippen molar-refractivity contribution in [2.45, 2.75) is 40.5 Å². The minimum absolute atomic E-state index is 0.486. The van der Waals surface area contributed by atoms with Crippen LogP contribution in [0.2, 0.25) is 0 Å². The minimum atomic E-state index is 0.486. The molecule has 0 heterocycles. The molecule has 0 amide bonds. The topological polar surface area (TPSA) is 0 Å². The van der Waals surface area contributed by atoms with Crippen LogP contribution < -0.4 is 0 Å². The van der Waals surface area contributed by atoms with E-state index in [0.29, 0.717) is 16.2 Å². The van der Waals surface area contributed by atoms with Crippen LogP contribution in [0, 0.1) is 16.2 Å². The van der Waals surface area contributed by atoms with Gasteiger partial charge in [0.25, 0.3) is 0 Å². The summed E-state index contributed by atoms with van der Waals surface area (Å²) in [6, 6.07) is 0. The molecule has 0 heteroatoms. The van der Waals surface area contributed by atoms with Crippen molar-refractivity contribution in [3.63, 3.8) is 0 Å². The number of rotatable bonds is 0. The fourth-order valence-electron chi connectivity index (χ4n) is 2.75. The van der Waals surface area contributed by atoms with Crippen LogP contribution in [0.5, 0.6) is 0 Å². The third-order valence-electron chi connectivity index (χ3n) is 4.84. The van der Waals surface area contributed by atoms with Gasteiger partial charge in [0.2, 0.25) is 0 Å². The van der Waals surface area contributed by atoms with Crippen LogP contribution in [-0.2, 0) is 0 Å². The van der Waals surface area contributed by atoms with Gasteiger partial charge >= 0.3 is 0 Å². The Morgan fingerprint density at radius 2 is 1.18 bits per heavy atom. The number of allylic oxidation sites excluding steroid dienone is 2. The summed E-state index contributed by atoms with van der Waals surface area (Å²) in [4.78, 5) is 0. The molecule has 0 radical (unpaired) electrons. The number of hydrogen-bond donors (Lipinski definition) is 0. The lowest BCUT2D eigenvalue weighted by Crippen LogP contribution is -2.32. The zero-order valence-electron chi connectivity index (χ0n) is 8.07. The first-order valence-electron chi connectivity index (χ1n) is 4.62. The highest BCUT2D eigenvalue weighted by Gasteiger charge is 2.59. The normalized spacial score (nSPS) is 52.0. The van der Waals surface area contributed by atoms with E-state index in [4.69, 9.17) is 0 Å². The Kier molecular flexibility index (Phi) is 1.06. The first kappa shape index (κ1) is 7.39. The summed E-state index contributed by atoms with van der Waals surface area (Å²) in [5, 5.41) is 0. The lowest BCUT2D eigenvalue weighted by atomic mass is 9.65. The van der Waals surface area contributed by atoms with Crippen molar-refractivity contribution >= 4 is 0 Å². The SMILES string of the molecule is CC1(C)[C@@]2(C)C=C[C@]1(C)CC2. The average Bonchev–Trinajstić information content (AvgIpc) is 2.19. The molecule has 0 spiro atoms. The summed E-state index contributed by atoms with van der Waals surface area (Å²) >= 11 is 0. The predicted molar refractivity (Wildman–Crippen MR) is 48.4 cm³/mol. The van der Waals surface area contributed by atoms with Crippen molar-refractivity contribution in [1.29, 1.82) is 0 Å². The van der Waals surface area contributed by atoms with Crippen LogP contribution in [-0.4, -0.2) is 0 Å². The van der Waals surface area contributed by atoms with E-state index in [-0.39, 0.29) is 0 Å². The van der Waals surface area contributed by atoms with Gasteiger partial charge < -0.3 is 0 Å². The second-order valence-electron chi connectivity index (χ2n) is 5.29.